The molecular weight excluding hydrogens is 312 g/mol. The summed E-state index contributed by atoms with van der Waals surface area (Å²) in [5.74, 6) is -0.954. The Hall–Kier alpha value is -1.56. The molecule has 0 bridgehead atoms. The molecule has 0 aliphatic heterocycles. The Balaban J connectivity index is 2.59. The van der Waals surface area contributed by atoms with Gasteiger partial charge in [-0.25, -0.2) is 4.79 Å². The second kappa shape index (κ2) is 6.06. The molecule has 0 heterocycles. The summed E-state index contributed by atoms with van der Waals surface area (Å²) in [6.07, 6.45) is 0. The maximum Gasteiger partial charge on any atom is 0.319 e. The lowest BCUT2D eigenvalue weighted by molar-refractivity contribution is -0.146. The van der Waals surface area contributed by atoms with Gasteiger partial charge in [-0.15, -0.1) is 0 Å². The van der Waals surface area contributed by atoms with E-state index in [0.717, 1.165) is 10.0 Å². The summed E-state index contributed by atoms with van der Waals surface area (Å²) in [5.41, 5.74) is 0.711. The number of halogens is 1. The molecule has 0 aliphatic carbocycles. The predicted molar refractivity (Wildman–Crippen MR) is 77.3 cm³/mol. The van der Waals surface area contributed by atoms with Crippen molar-refractivity contribution in [3.05, 3.63) is 28.2 Å². The van der Waals surface area contributed by atoms with E-state index in [9.17, 15) is 9.59 Å². The van der Waals surface area contributed by atoms with Crippen molar-refractivity contribution >= 4 is 33.6 Å². The van der Waals surface area contributed by atoms with Crippen LogP contribution in [-0.2, 0) is 4.79 Å². The SMILES string of the molecule is Cc1ccc(NC(=O)NCC(C)(C)C(=O)O)c(Br)c1. The van der Waals surface area contributed by atoms with E-state index in [1.807, 2.05) is 19.1 Å². The first-order chi connectivity index (χ1) is 8.72. The predicted octanol–water partition coefficient (Wildman–Crippen LogP) is 2.99. The minimum absolute atomic E-state index is 0.0532. The first kappa shape index (κ1) is 15.5. The molecule has 0 aliphatic rings. The van der Waals surface area contributed by atoms with Crippen molar-refractivity contribution in [3.63, 3.8) is 0 Å². The highest BCUT2D eigenvalue weighted by atomic mass is 79.9. The number of benzene rings is 1. The van der Waals surface area contributed by atoms with Gasteiger partial charge in [0.1, 0.15) is 0 Å². The Labute approximate surface area is 120 Å². The highest BCUT2D eigenvalue weighted by Crippen LogP contribution is 2.23. The largest absolute Gasteiger partial charge is 0.481 e. The molecule has 1 aromatic carbocycles. The molecule has 0 fully saturated rings. The van der Waals surface area contributed by atoms with E-state index in [2.05, 4.69) is 26.6 Å². The fourth-order valence-corrected chi connectivity index (χ4v) is 1.86. The lowest BCUT2D eigenvalue weighted by Crippen LogP contribution is -2.40. The first-order valence-electron chi connectivity index (χ1n) is 5.77. The second-order valence-electron chi connectivity index (χ2n) is 4.98. The average molecular weight is 329 g/mol. The number of carbonyl (C=O) groups excluding carboxylic acids is 1. The van der Waals surface area contributed by atoms with Crippen molar-refractivity contribution in [2.45, 2.75) is 20.8 Å². The molecule has 2 amide bonds. The lowest BCUT2D eigenvalue weighted by Gasteiger charge is -2.19. The highest BCUT2D eigenvalue weighted by Gasteiger charge is 2.27. The summed E-state index contributed by atoms with van der Waals surface area (Å²) < 4.78 is 0.778. The number of anilines is 1. The fraction of sp³-hybridized carbons (Fsp3) is 0.385. The minimum atomic E-state index is -0.998. The van der Waals surface area contributed by atoms with E-state index in [4.69, 9.17) is 5.11 Å². The molecule has 19 heavy (non-hydrogen) atoms. The van der Waals surface area contributed by atoms with Gasteiger partial charge in [0.2, 0.25) is 0 Å². The second-order valence-corrected chi connectivity index (χ2v) is 5.83. The summed E-state index contributed by atoms with van der Waals surface area (Å²) >= 11 is 3.35. The van der Waals surface area contributed by atoms with Gasteiger partial charge in [0.15, 0.2) is 0 Å². The number of carbonyl (C=O) groups is 2. The van der Waals surface area contributed by atoms with E-state index >= 15 is 0 Å². The molecule has 3 N–H and O–H groups in total. The van der Waals surface area contributed by atoms with Crippen molar-refractivity contribution in [2.75, 3.05) is 11.9 Å². The Morgan fingerprint density at radius 3 is 2.53 bits per heavy atom. The zero-order valence-corrected chi connectivity index (χ0v) is 12.7. The quantitative estimate of drug-likeness (QED) is 0.795. The number of carboxylic acids is 1. The minimum Gasteiger partial charge on any atom is -0.481 e. The summed E-state index contributed by atoms with van der Waals surface area (Å²) in [7, 11) is 0. The molecule has 1 aromatic rings. The van der Waals surface area contributed by atoms with Crippen molar-refractivity contribution in [2.24, 2.45) is 5.41 Å². The lowest BCUT2D eigenvalue weighted by atomic mass is 9.94. The summed E-state index contributed by atoms with van der Waals surface area (Å²) in [6, 6.07) is 5.11. The summed E-state index contributed by atoms with van der Waals surface area (Å²) in [5, 5.41) is 14.1. The number of amides is 2. The van der Waals surface area contributed by atoms with Crippen molar-refractivity contribution in [3.8, 4) is 0 Å². The number of carboxylic acid groups (broad SMARTS) is 1. The Bertz CT molecular complexity index is 501. The van der Waals surface area contributed by atoms with Crippen LogP contribution in [0.25, 0.3) is 0 Å². The fourth-order valence-electron chi connectivity index (χ4n) is 1.26. The Morgan fingerprint density at radius 1 is 1.37 bits per heavy atom. The number of nitrogens with one attached hydrogen (secondary N) is 2. The summed E-state index contributed by atoms with van der Waals surface area (Å²) in [6.45, 7) is 5.11. The molecule has 6 heteroatoms. The molecule has 5 nitrogen and oxygen atoms in total. The number of hydrogen-bond donors (Lipinski definition) is 3. The average Bonchev–Trinajstić information content (AvgIpc) is 2.30. The molecular formula is C13H17BrN2O3. The third-order valence-electron chi connectivity index (χ3n) is 2.64. The van der Waals surface area contributed by atoms with E-state index in [-0.39, 0.29) is 6.54 Å². The Morgan fingerprint density at radius 2 is 2.00 bits per heavy atom. The van der Waals surface area contributed by atoms with Crippen molar-refractivity contribution < 1.29 is 14.7 Å². The third-order valence-corrected chi connectivity index (χ3v) is 3.30. The van der Waals surface area contributed by atoms with Gasteiger partial charge in [-0.3, -0.25) is 4.79 Å². The normalized spacial score (nSPS) is 10.9. The highest BCUT2D eigenvalue weighted by molar-refractivity contribution is 9.10. The zero-order valence-electron chi connectivity index (χ0n) is 11.1. The van der Waals surface area contributed by atoms with Gasteiger partial charge in [-0.05, 0) is 54.4 Å². The van der Waals surface area contributed by atoms with Gasteiger partial charge in [0, 0.05) is 11.0 Å². The molecule has 0 atom stereocenters. The maximum atomic E-state index is 11.7. The van der Waals surface area contributed by atoms with Gasteiger partial charge in [-0.1, -0.05) is 6.07 Å². The van der Waals surface area contributed by atoms with Crippen LogP contribution in [-0.4, -0.2) is 23.7 Å². The van der Waals surface area contributed by atoms with E-state index in [1.54, 1.807) is 19.9 Å². The van der Waals surface area contributed by atoms with E-state index in [1.165, 1.54) is 0 Å². The topological polar surface area (TPSA) is 78.4 Å². The van der Waals surface area contributed by atoms with Gasteiger partial charge < -0.3 is 15.7 Å². The molecule has 104 valence electrons. The zero-order chi connectivity index (χ0) is 14.6. The molecule has 0 aromatic heterocycles. The van der Waals surface area contributed by atoms with Crippen LogP contribution in [0.15, 0.2) is 22.7 Å². The van der Waals surface area contributed by atoms with Crippen LogP contribution in [0.1, 0.15) is 19.4 Å². The Kier molecular flexibility index (Phi) is 4.94. The van der Waals surface area contributed by atoms with Crippen LogP contribution < -0.4 is 10.6 Å². The van der Waals surface area contributed by atoms with Gasteiger partial charge in [-0.2, -0.15) is 0 Å². The van der Waals surface area contributed by atoms with E-state index < -0.39 is 17.4 Å². The van der Waals surface area contributed by atoms with Gasteiger partial charge >= 0.3 is 12.0 Å². The molecule has 1 rings (SSSR count). The van der Waals surface area contributed by atoms with Crippen molar-refractivity contribution in [1.29, 1.82) is 0 Å². The monoisotopic (exact) mass is 328 g/mol. The van der Waals surface area contributed by atoms with Crippen LogP contribution in [0.5, 0.6) is 0 Å². The van der Waals surface area contributed by atoms with Crippen LogP contribution in [0.4, 0.5) is 10.5 Å². The number of hydrogen-bond acceptors (Lipinski definition) is 2. The summed E-state index contributed by atoms with van der Waals surface area (Å²) in [4.78, 5) is 22.6. The number of rotatable bonds is 4. The van der Waals surface area contributed by atoms with Gasteiger partial charge in [0.25, 0.3) is 0 Å². The number of aliphatic carboxylic acids is 1. The molecule has 0 saturated heterocycles. The molecule has 0 spiro atoms. The number of aryl methyl sites for hydroxylation is 1. The van der Waals surface area contributed by atoms with Crippen LogP contribution in [0.3, 0.4) is 0 Å². The maximum absolute atomic E-state index is 11.7. The first-order valence-corrected chi connectivity index (χ1v) is 6.56. The number of urea groups is 1. The molecule has 0 unspecified atom stereocenters. The molecule has 0 radical (unpaired) electrons. The molecule has 0 saturated carbocycles. The van der Waals surface area contributed by atoms with Crippen molar-refractivity contribution in [1.82, 2.24) is 5.32 Å². The standard InChI is InChI=1S/C13H17BrN2O3/c1-8-4-5-10(9(14)6-8)16-12(19)15-7-13(2,3)11(17)18/h4-6H,7H2,1-3H3,(H,17,18)(H2,15,16,19). The van der Waals surface area contributed by atoms with Crippen LogP contribution in [0.2, 0.25) is 0 Å². The van der Waals surface area contributed by atoms with Crippen LogP contribution in [0, 0.1) is 12.3 Å². The third kappa shape index (κ3) is 4.55. The van der Waals surface area contributed by atoms with Gasteiger partial charge in [0.05, 0.1) is 11.1 Å². The smallest absolute Gasteiger partial charge is 0.319 e. The van der Waals surface area contributed by atoms with E-state index in [0.29, 0.717) is 5.69 Å². The van der Waals surface area contributed by atoms with Crippen LogP contribution >= 0.6 is 15.9 Å².